The van der Waals surface area contributed by atoms with Gasteiger partial charge in [-0.2, -0.15) is 0 Å². The van der Waals surface area contributed by atoms with Crippen molar-refractivity contribution in [2.24, 2.45) is 0 Å². The van der Waals surface area contributed by atoms with Crippen LogP contribution in [0.2, 0.25) is 0 Å². The highest BCUT2D eigenvalue weighted by Crippen LogP contribution is 2.32. The van der Waals surface area contributed by atoms with E-state index in [4.69, 9.17) is 9.51 Å². The zero-order chi connectivity index (χ0) is 28.3. The van der Waals surface area contributed by atoms with Crippen molar-refractivity contribution in [3.63, 3.8) is 0 Å². The van der Waals surface area contributed by atoms with E-state index in [0.29, 0.717) is 35.5 Å². The monoisotopic (exact) mass is 549 g/mol. The molecule has 9 nitrogen and oxygen atoms in total. The first kappa shape index (κ1) is 28.1. The third kappa shape index (κ3) is 5.61. The topological polar surface area (TPSA) is 119 Å². The number of amides is 1. The molecule has 0 fully saturated rings. The zero-order valence-corrected chi connectivity index (χ0v) is 24.1. The summed E-state index contributed by atoms with van der Waals surface area (Å²) in [6.45, 7) is 10.0. The van der Waals surface area contributed by atoms with Crippen molar-refractivity contribution in [2.75, 3.05) is 11.8 Å². The summed E-state index contributed by atoms with van der Waals surface area (Å²) in [5.41, 5.74) is 5.31. The Balaban J connectivity index is 1.72. The minimum Gasteiger partial charge on any atom is -0.359 e. The number of hydrogen-bond acceptors (Lipinski definition) is 6. The van der Waals surface area contributed by atoms with Crippen LogP contribution in [0.4, 0.5) is 5.82 Å². The molecule has 0 aliphatic carbocycles. The molecule has 0 bridgehead atoms. The normalized spacial score (nSPS) is 11.5. The highest BCUT2D eigenvalue weighted by molar-refractivity contribution is 7.92. The molecule has 2 aromatic heterocycles. The molecule has 0 aliphatic rings. The Labute approximate surface area is 229 Å². The number of aryl methyl sites for hydroxylation is 4. The number of benzene rings is 2. The second kappa shape index (κ2) is 11.4. The van der Waals surface area contributed by atoms with E-state index >= 15 is 0 Å². The zero-order valence-electron chi connectivity index (χ0n) is 23.3. The third-order valence-electron chi connectivity index (χ3n) is 6.86. The van der Waals surface area contributed by atoms with E-state index < -0.39 is 10.0 Å². The molecule has 0 aliphatic heterocycles. The van der Waals surface area contributed by atoms with Gasteiger partial charge in [0.1, 0.15) is 17.3 Å². The van der Waals surface area contributed by atoms with Crippen molar-refractivity contribution in [3.05, 3.63) is 82.1 Å². The van der Waals surface area contributed by atoms with Crippen LogP contribution in [0.25, 0.3) is 11.1 Å². The average molecular weight is 550 g/mol. The van der Waals surface area contributed by atoms with Crippen LogP contribution in [-0.2, 0) is 29.4 Å². The van der Waals surface area contributed by atoms with E-state index in [1.54, 1.807) is 39.1 Å². The maximum Gasteiger partial charge on any atom is 0.269 e. The number of rotatable bonds is 10. The second-order valence-electron chi connectivity index (χ2n) is 9.56. The number of nitrogens with one attached hydrogen (secondary N) is 2. The molecule has 2 N–H and O–H groups in total. The Morgan fingerprint density at radius 1 is 1.05 bits per heavy atom. The average Bonchev–Trinajstić information content (AvgIpc) is 3.42. The van der Waals surface area contributed by atoms with Crippen LogP contribution in [0.3, 0.4) is 0 Å². The number of sulfonamides is 1. The molecular formula is C29H35N5O4S. The van der Waals surface area contributed by atoms with Crippen molar-refractivity contribution in [1.82, 2.24) is 20.0 Å². The number of anilines is 1. The van der Waals surface area contributed by atoms with Gasteiger partial charge in [-0.05, 0) is 56.4 Å². The molecule has 4 aromatic rings. The van der Waals surface area contributed by atoms with Gasteiger partial charge in [0.15, 0.2) is 5.82 Å². The molecule has 0 spiro atoms. The van der Waals surface area contributed by atoms with Gasteiger partial charge in [0.25, 0.3) is 15.9 Å². The van der Waals surface area contributed by atoms with Crippen LogP contribution in [0.5, 0.6) is 0 Å². The summed E-state index contributed by atoms with van der Waals surface area (Å²) in [6.07, 6.45) is 2.35. The van der Waals surface area contributed by atoms with Crippen molar-refractivity contribution in [1.29, 1.82) is 0 Å². The summed E-state index contributed by atoms with van der Waals surface area (Å²) < 4.78 is 36.5. The van der Waals surface area contributed by atoms with Crippen molar-refractivity contribution >= 4 is 21.7 Å². The van der Waals surface area contributed by atoms with Crippen molar-refractivity contribution < 1.29 is 17.7 Å². The third-order valence-corrected chi connectivity index (χ3v) is 8.25. The van der Waals surface area contributed by atoms with E-state index in [0.717, 1.165) is 41.1 Å². The molecule has 4 rings (SSSR count). The van der Waals surface area contributed by atoms with E-state index in [1.807, 2.05) is 42.7 Å². The molecule has 2 heterocycles. The summed E-state index contributed by atoms with van der Waals surface area (Å²) in [6, 6.07) is 12.8. The summed E-state index contributed by atoms with van der Waals surface area (Å²) in [5.74, 6) is 1.46. The van der Waals surface area contributed by atoms with Gasteiger partial charge in [-0.15, -0.1) is 0 Å². The summed E-state index contributed by atoms with van der Waals surface area (Å²) in [5, 5.41) is 6.60. The molecule has 0 saturated carbocycles. The summed E-state index contributed by atoms with van der Waals surface area (Å²) in [7, 11) is -2.31. The largest absolute Gasteiger partial charge is 0.359 e. The quantitative estimate of drug-likeness (QED) is 0.281. The van der Waals surface area contributed by atoms with Gasteiger partial charge in [0, 0.05) is 31.1 Å². The summed E-state index contributed by atoms with van der Waals surface area (Å²) in [4.78, 5) is 17.7. The minimum atomic E-state index is -3.94. The lowest BCUT2D eigenvalue weighted by atomic mass is 9.98. The first-order chi connectivity index (χ1) is 18.6. The predicted octanol–water partition coefficient (Wildman–Crippen LogP) is 5.19. The van der Waals surface area contributed by atoms with Crippen LogP contribution >= 0.6 is 0 Å². The van der Waals surface area contributed by atoms with E-state index in [2.05, 4.69) is 22.1 Å². The molecule has 0 radical (unpaired) electrons. The fourth-order valence-electron chi connectivity index (χ4n) is 4.68. The summed E-state index contributed by atoms with van der Waals surface area (Å²) >= 11 is 0. The van der Waals surface area contributed by atoms with Crippen LogP contribution in [-0.4, -0.2) is 36.1 Å². The van der Waals surface area contributed by atoms with Gasteiger partial charge in [-0.3, -0.25) is 9.52 Å². The van der Waals surface area contributed by atoms with Crippen molar-refractivity contribution in [2.45, 2.75) is 65.3 Å². The molecule has 0 saturated heterocycles. The SMILES string of the molecule is CCCc1nc(CC)c(C(=O)NC)n1Cc1ccc(-c2ccccc2S(=O)(=O)Nc2noc(C)c2C)c(C)c1. The molecule has 206 valence electrons. The van der Waals surface area contributed by atoms with Gasteiger partial charge >= 0.3 is 0 Å². The lowest BCUT2D eigenvalue weighted by Crippen LogP contribution is -2.24. The molecule has 39 heavy (non-hydrogen) atoms. The van der Waals surface area contributed by atoms with Crippen LogP contribution in [0.1, 0.15) is 64.7 Å². The van der Waals surface area contributed by atoms with Gasteiger partial charge in [0.2, 0.25) is 0 Å². The van der Waals surface area contributed by atoms with Crippen LogP contribution in [0.15, 0.2) is 51.9 Å². The molecule has 1 amide bonds. The molecular weight excluding hydrogens is 514 g/mol. The predicted molar refractivity (Wildman–Crippen MR) is 151 cm³/mol. The number of carbonyl (C=O) groups excluding carboxylic acids is 1. The fourth-order valence-corrected chi connectivity index (χ4v) is 5.96. The van der Waals surface area contributed by atoms with E-state index in [1.165, 1.54) is 0 Å². The van der Waals surface area contributed by atoms with Gasteiger partial charge < -0.3 is 14.4 Å². The van der Waals surface area contributed by atoms with Gasteiger partial charge in [0.05, 0.1) is 10.6 Å². The van der Waals surface area contributed by atoms with Gasteiger partial charge in [-0.1, -0.05) is 55.4 Å². The first-order valence-electron chi connectivity index (χ1n) is 13.1. The number of nitrogens with zero attached hydrogens (tertiary/aromatic N) is 3. The van der Waals surface area contributed by atoms with E-state index in [-0.39, 0.29) is 16.6 Å². The number of aromatic nitrogens is 3. The Morgan fingerprint density at radius 2 is 1.79 bits per heavy atom. The highest BCUT2D eigenvalue weighted by atomic mass is 32.2. The first-order valence-corrected chi connectivity index (χ1v) is 14.5. The molecule has 0 unspecified atom stereocenters. The number of imidazole rings is 1. The smallest absolute Gasteiger partial charge is 0.269 e. The molecule has 10 heteroatoms. The minimum absolute atomic E-state index is 0.148. The molecule has 2 aromatic carbocycles. The molecule has 0 atom stereocenters. The lowest BCUT2D eigenvalue weighted by molar-refractivity contribution is 0.0953. The van der Waals surface area contributed by atoms with Crippen molar-refractivity contribution in [3.8, 4) is 11.1 Å². The number of hydrogen-bond donors (Lipinski definition) is 2. The Hall–Kier alpha value is -3.92. The van der Waals surface area contributed by atoms with Crippen LogP contribution < -0.4 is 10.0 Å². The maximum absolute atomic E-state index is 13.4. The maximum atomic E-state index is 13.4. The fraction of sp³-hybridized carbons (Fsp3) is 0.345. The Morgan fingerprint density at radius 3 is 2.41 bits per heavy atom. The van der Waals surface area contributed by atoms with E-state index in [9.17, 15) is 13.2 Å². The lowest BCUT2D eigenvalue weighted by Gasteiger charge is -2.16. The van der Waals surface area contributed by atoms with Gasteiger partial charge in [-0.25, -0.2) is 13.4 Å². The second-order valence-corrected chi connectivity index (χ2v) is 11.2. The highest BCUT2D eigenvalue weighted by Gasteiger charge is 2.24. The van der Waals surface area contributed by atoms with Crippen LogP contribution in [0, 0.1) is 20.8 Å². The standard InChI is InChI=1S/C29H35N5O4S/c1-7-11-26-31-24(8-2)27(29(35)30-6)34(26)17-21-14-15-22(18(3)16-21)23-12-9-10-13-25(23)39(36,37)33-28-19(4)20(5)38-32-28/h9-10,12-16H,7-8,11,17H2,1-6H3,(H,30,35)(H,32,33). The number of carbonyl (C=O) groups is 1. The Kier molecular flexibility index (Phi) is 8.25. The Bertz CT molecular complexity index is 1620.